The molecule has 0 fully saturated rings. The zero-order valence-electron chi connectivity index (χ0n) is 8.74. The average molecular weight is 212 g/mol. The van der Waals surface area contributed by atoms with E-state index in [0.29, 0.717) is 0 Å². The number of ether oxygens (including phenoxy) is 1. The Balaban J connectivity index is 2.82. The Hall–Kier alpha value is -0.603. The van der Waals surface area contributed by atoms with Gasteiger partial charge in [0.25, 0.3) is 0 Å². The second kappa shape index (κ2) is 3.87. The summed E-state index contributed by atoms with van der Waals surface area (Å²) >= 11 is 0. The van der Waals surface area contributed by atoms with Gasteiger partial charge in [-0.25, -0.2) is 0 Å². The lowest BCUT2D eigenvalue weighted by Crippen LogP contribution is -2.33. The summed E-state index contributed by atoms with van der Waals surface area (Å²) in [4.78, 5) is 0. The monoisotopic (exact) mass is 212 g/mol. The summed E-state index contributed by atoms with van der Waals surface area (Å²) in [6, 6.07) is 0. The molecule has 1 rings (SSSR count). The number of aliphatic hydroxyl groups is 2. The largest absolute Gasteiger partial charge is 0.392 e. The Morgan fingerprint density at radius 2 is 2.14 bits per heavy atom. The molecule has 78 valence electrons. The topological polar surface area (TPSA) is 49.7 Å². The quantitative estimate of drug-likeness (QED) is 0.378. The van der Waals surface area contributed by atoms with E-state index in [1.807, 2.05) is 0 Å². The van der Waals surface area contributed by atoms with Crippen LogP contribution in [0, 0.1) is 11.5 Å². The molecule has 0 amide bonds. The molecule has 0 aromatic heterocycles. The fourth-order valence-corrected chi connectivity index (χ4v) is 1.61. The van der Waals surface area contributed by atoms with Gasteiger partial charge in [-0.3, -0.25) is 0 Å². The minimum atomic E-state index is -1.48. The molecule has 4 heteroatoms. The summed E-state index contributed by atoms with van der Waals surface area (Å²) in [5.41, 5.74) is 2.13. The maximum atomic E-state index is 9.16. The van der Waals surface area contributed by atoms with Gasteiger partial charge in [-0.05, 0) is 12.2 Å². The summed E-state index contributed by atoms with van der Waals surface area (Å²) in [6.07, 6.45) is 2.16. The van der Waals surface area contributed by atoms with E-state index in [1.54, 1.807) is 6.08 Å². The molecule has 0 aromatic rings. The van der Waals surface area contributed by atoms with Crippen molar-refractivity contribution in [3.63, 3.8) is 0 Å². The van der Waals surface area contributed by atoms with E-state index in [4.69, 9.17) is 14.9 Å². The number of rotatable bonds is 1. The minimum absolute atomic E-state index is 0.224. The van der Waals surface area contributed by atoms with Crippen molar-refractivity contribution in [2.45, 2.75) is 31.5 Å². The van der Waals surface area contributed by atoms with Crippen molar-refractivity contribution < 1.29 is 14.9 Å². The Morgan fingerprint density at radius 3 is 2.50 bits per heavy atom. The van der Waals surface area contributed by atoms with Crippen LogP contribution in [-0.2, 0) is 4.74 Å². The van der Waals surface area contributed by atoms with Crippen LogP contribution in [0.4, 0.5) is 0 Å². The molecule has 0 radical (unpaired) electrons. The van der Waals surface area contributed by atoms with Gasteiger partial charge in [0.1, 0.15) is 8.07 Å². The van der Waals surface area contributed by atoms with Gasteiger partial charge in [0, 0.05) is 0 Å². The van der Waals surface area contributed by atoms with Crippen molar-refractivity contribution in [2.75, 3.05) is 6.61 Å². The average Bonchev–Trinajstić information content (AvgIpc) is 2.44. The summed E-state index contributed by atoms with van der Waals surface area (Å²) in [6.45, 7) is 6.11. The molecule has 0 unspecified atom stereocenters. The maximum absolute atomic E-state index is 9.16. The molecule has 0 spiro atoms. The Bertz CT molecular complexity index is 295. The second-order valence-corrected chi connectivity index (χ2v) is 9.17. The van der Waals surface area contributed by atoms with E-state index in [1.165, 1.54) is 6.08 Å². The fourth-order valence-electron chi connectivity index (χ4n) is 1.03. The molecule has 14 heavy (non-hydrogen) atoms. The number of aliphatic hydroxyl groups excluding tert-OH is 2. The molecular formula is C10H16O3Si. The Labute approximate surface area is 85.4 Å². The summed E-state index contributed by atoms with van der Waals surface area (Å²) < 4.78 is 5.14. The van der Waals surface area contributed by atoms with Gasteiger partial charge in [0.15, 0.2) is 11.9 Å². The SMILES string of the molecule is C[Si](C)(C)C#C[C@@]1(CO)C=C[C@H](O)O1. The number of hydrogen-bond acceptors (Lipinski definition) is 3. The fraction of sp³-hybridized carbons (Fsp3) is 0.600. The smallest absolute Gasteiger partial charge is 0.176 e. The second-order valence-electron chi connectivity index (χ2n) is 4.42. The summed E-state index contributed by atoms with van der Waals surface area (Å²) in [5, 5.41) is 18.3. The van der Waals surface area contributed by atoms with Crippen LogP contribution >= 0.6 is 0 Å². The Morgan fingerprint density at radius 1 is 1.50 bits per heavy atom. The van der Waals surface area contributed by atoms with Gasteiger partial charge in [-0.1, -0.05) is 25.6 Å². The molecule has 3 nitrogen and oxygen atoms in total. The van der Waals surface area contributed by atoms with Gasteiger partial charge in [-0.15, -0.1) is 5.54 Å². The first-order valence-electron chi connectivity index (χ1n) is 4.57. The standard InChI is InChI=1S/C10H16O3Si/c1-14(2,3)7-6-10(8-11)5-4-9(12)13-10/h4-5,9,11-12H,8H2,1-3H3/t9-,10-/m1/s1. The van der Waals surface area contributed by atoms with Crippen molar-refractivity contribution in [3.05, 3.63) is 12.2 Å². The molecule has 1 aliphatic heterocycles. The molecule has 0 saturated carbocycles. The first-order valence-corrected chi connectivity index (χ1v) is 8.07. The zero-order chi connectivity index (χ0) is 10.8. The first kappa shape index (κ1) is 11.5. The predicted octanol–water partition coefficient (Wildman–Crippen LogP) is 0.503. The molecule has 0 saturated heterocycles. The van der Waals surface area contributed by atoms with Crippen LogP contribution in [-0.4, -0.2) is 36.8 Å². The lowest BCUT2D eigenvalue weighted by atomic mass is 10.1. The van der Waals surface area contributed by atoms with Gasteiger partial charge in [0.2, 0.25) is 0 Å². The third-order valence-corrected chi connectivity index (χ3v) is 2.62. The van der Waals surface area contributed by atoms with E-state index in [9.17, 15) is 0 Å². The molecule has 0 aliphatic carbocycles. The normalized spacial score (nSPS) is 31.4. The van der Waals surface area contributed by atoms with E-state index < -0.39 is 20.0 Å². The van der Waals surface area contributed by atoms with Gasteiger partial charge < -0.3 is 14.9 Å². The van der Waals surface area contributed by atoms with Crippen molar-refractivity contribution in [1.29, 1.82) is 0 Å². The molecule has 0 aromatic carbocycles. The molecule has 1 heterocycles. The van der Waals surface area contributed by atoms with Crippen molar-refractivity contribution in [3.8, 4) is 11.5 Å². The lowest BCUT2D eigenvalue weighted by molar-refractivity contribution is -0.114. The highest BCUT2D eigenvalue weighted by atomic mass is 28.3. The highest BCUT2D eigenvalue weighted by molar-refractivity contribution is 6.83. The zero-order valence-corrected chi connectivity index (χ0v) is 9.74. The summed E-state index contributed by atoms with van der Waals surface area (Å²) in [5.74, 6) is 2.91. The van der Waals surface area contributed by atoms with Crippen LogP contribution < -0.4 is 0 Å². The molecule has 1 aliphatic rings. The van der Waals surface area contributed by atoms with Crippen molar-refractivity contribution >= 4 is 8.07 Å². The molecule has 2 atom stereocenters. The van der Waals surface area contributed by atoms with Gasteiger partial charge >= 0.3 is 0 Å². The first-order chi connectivity index (χ1) is 6.37. The minimum Gasteiger partial charge on any atom is -0.392 e. The lowest BCUT2D eigenvalue weighted by Gasteiger charge is -2.19. The third kappa shape index (κ3) is 2.96. The van der Waals surface area contributed by atoms with Crippen molar-refractivity contribution in [2.24, 2.45) is 0 Å². The highest BCUT2D eigenvalue weighted by Gasteiger charge is 2.32. The molecule has 0 bridgehead atoms. The predicted molar refractivity (Wildman–Crippen MR) is 57.2 cm³/mol. The molecular weight excluding hydrogens is 196 g/mol. The highest BCUT2D eigenvalue weighted by Crippen LogP contribution is 2.21. The summed E-state index contributed by atoms with van der Waals surface area (Å²) in [7, 11) is -1.48. The van der Waals surface area contributed by atoms with Gasteiger partial charge in [-0.2, -0.15) is 0 Å². The third-order valence-electron chi connectivity index (χ3n) is 1.75. The van der Waals surface area contributed by atoms with Crippen LogP contribution in [0.2, 0.25) is 19.6 Å². The molecule has 2 N–H and O–H groups in total. The maximum Gasteiger partial charge on any atom is 0.176 e. The van der Waals surface area contributed by atoms with Crippen LogP contribution in [0.15, 0.2) is 12.2 Å². The number of hydrogen-bond donors (Lipinski definition) is 2. The van der Waals surface area contributed by atoms with E-state index >= 15 is 0 Å². The van der Waals surface area contributed by atoms with Gasteiger partial charge in [0.05, 0.1) is 6.61 Å². The van der Waals surface area contributed by atoms with Crippen molar-refractivity contribution in [1.82, 2.24) is 0 Å². The van der Waals surface area contributed by atoms with E-state index in [-0.39, 0.29) is 6.61 Å². The van der Waals surface area contributed by atoms with E-state index in [2.05, 4.69) is 31.1 Å². The van der Waals surface area contributed by atoms with Crippen LogP contribution in [0.25, 0.3) is 0 Å². The Kier molecular flexibility index (Phi) is 3.17. The van der Waals surface area contributed by atoms with Crippen LogP contribution in [0.5, 0.6) is 0 Å². The van der Waals surface area contributed by atoms with E-state index in [0.717, 1.165) is 0 Å². The van der Waals surface area contributed by atoms with Crippen LogP contribution in [0.3, 0.4) is 0 Å². The van der Waals surface area contributed by atoms with Crippen LogP contribution in [0.1, 0.15) is 0 Å².